The Bertz CT molecular complexity index is 974. The Labute approximate surface area is 141 Å². The van der Waals surface area contributed by atoms with E-state index < -0.39 is 10.0 Å². The smallest absolute Gasteiger partial charge is 0.245 e. The molecule has 0 radical (unpaired) electrons. The second-order valence-electron chi connectivity index (χ2n) is 5.66. The molecule has 0 saturated carbocycles. The summed E-state index contributed by atoms with van der Waals surface area (Å²) < 4.78 is 29.2. The van der Waals surface area contributed by atoms with Gasteiger partial charge in [0, 0.05) is 43.0 Å². The van der Waals surface area contributed by atoms with Gasteiger partial charge < -0.3 is 0 Å². The summed E-state index contributed by atoms with van der Waals surface area (Å²) >= 11 is 0. The Morgan fingerprint density at radius 3 is 2.67 bits per heavy atom. The second kappa shape index (κ2) is 6.33. The molecule has 6 nitrogen and oxygen atoms in total. The van der Waals surface area contributed by atoms with Crippen LogP contribution in [0.1, 0.15) is 18.2 Å². The van der Waals surface area contributed by atoms with Crippen molar-refractivity contribution in [2.45, 2.75) is 31.8 Å². The van der Waals surface area contributed by atoms with E-state index in [4.69, 9.17) is 0 Å². The molecule has 0 aliphatic carbocycles. The minimum Gasteiger partial charge on any atom is -0.270 e. The van der Waals surface area contributed by atoms with Gasteiger partial charge in [-0.3, -0.25) is 9.67 Å². The zero-order valence-corrected chi connectivity index (χ0v) is 14.8. The first-order valence-corrected chi connectivity index (χ1v) is 9.20. The van der Waals surface area contributed by atoms with Crippen LogP contribution in [0.2, 0.25) is 0 Å². The molecule has 0 spiro atoms. The Morgan fingerprint density at radius 1 is 1.21 bits per heavy atom. The van der Waals surface area contributed by atoms with Crippen LogP contribution in [-0.2, 0) is 23.1 Å². The van der Waals surface area contributed by atoms with Gasteiger partial charge in [-0.05, 0) is 26.0 Å². The summed E-state index contributed by atoms with van der Waals surface area (Å²) in [5.74, 6) is 0. The van der Waals surface area contributed by atoms with Crippen LogP contribution in [0, 0.1) is 6.92 Å². The van der Waals surface area contributed by atoms with E-state index in [0.29, 0.717) is 5.52 Å². The van der Waals surface area contributed by atoms with Crippen LogP contribution in [0.25, 0.3) is 10.9 Å². The zero-order chi connectivity index (χ0) is 17.3. The summed E-state index contributed by atoms with van der Waals surface area (Å²) in [5.41, 5.74) is 2.37. The van der Waals surface area contributed by atoms with Crippen molar-refractivity contribution in [1.82, 2.24) is 19.1 Å². The lowest BCUT2D eigenvalue weighted by Gasteiger charge is -2.18. The summed E-state index contributed by atoms with van der Waals surface area (Å²) in [5, 5.41) is 5.08. The fourth-order valence-corrected chi connectivity index (χ4v) is 4.05. The highest BCUT2D eigenvalue weighted by atomic mass is 32.2. The number of hydrogen-bond donors (Lipinski definition) is 0. The number of benzene rings is 1. The van der Waals surface area contributed by atoms with E-state index in [1.54, 1.807) is 37.6 Å². The normalized spacial score (nSPS) is 12.2. The molecule has 0 aliphatic heterocycles. The predicted molar refractivity (Wildman–Crippen MR) is 93.0 cm³/mol. The van der Waals surface area contributed by atoms with Crippen molar-refractivity contribution in [3.05, 3.63) is 54.0 Å². The van der Waals surface area contributed by atoms with Gasteiger partial charge in [0.15, 0.2) is 0 Å². The van der Waals surface area contributed by atoms with E-state index >= 15 is 0 Å². The summed E-state index contributed by atoms with van der Waals surface area (Å²) in [6, 6.07) is 8.85. The first-order valence-electron chi connectivity index (χ1n) is 7.76. The van der Waals surface area contributed by atoms with E-state index in [2.05, 4.69) is 10.1 Å². The van der Waals surface area contributed by atoms with Gasteiger partial charge in [0.2, 0.25) is 10.0 Å². The van der Waals surface area contributed by atoms with E-state index in [0.717, 1.165) is 23.2 Å². The van der Waals surface area contributed by atoms with Crippen molar-refractivity contribution in [3.8, 4) is 0 Å². The Hall–Kier alpha value is -2.25. The molecule has 0 aliphatic rings. The van der Waals surface area contributed by atoms with E-state index in [9.17, 15) is 8.42 Å². The van der Waals surface area contributed by atoms with Crippen molar-refractivity contribution >= 4 is 20.9 Å². The highest BCUT2D eigenvalue weighted by molar-refractivity contribution is 7.89. The zero-order valence-electron chi connectivity index (χ0n) is 14.0. The molecule has 126 valence electrons. The monoisotopic (exact) mass is 344 g/mol. The molecule has 3 aromatic rings. The summed E-state index contributed by atoms with van der Waals surface area (Å²) in [6.45, 7) is 4.99. The fourth-order valence-electron chi connectivity index (χ4n) is 2.74. The van der Waals surface area contributed by atoms with Gasteiger partial charge in [-0.2, -0.15) is 9.40 Å². The number of fused-ring (bicyclic) bond motifs is 1. The van der Waals surface area contributed by atoms with Gasteiger partial charge in [0.25, 0.3) is 0 Å². The summed E-state index contributed by atoms with van der Waals surface area (Å²) in [4.78, 5) is 4.48. The Morgan fingerprint density at radius 2 is 1.96 bits per heavy atom. The fraction of sp³-hybridized carbons (Fsp3) is 0.294. The average molecular weight is 344 g/mol. The van der Waals surface area contributed by atoms with Crippen molar-refractivity contribution in [3.63, 3.8) is 0 Å². The minimum absolute atomic E-state index is 0.226. The third kappa shape index (κ3) is 2.81. The highest BCUT2D eigenvalue weighted by Crippen LogP contribution is 2.24. The largest absolute Gasteiger partial charge is 0.270 e. The lowest BCUT2D eigenvalue weighted by atomic mass is 10.2. The van der Waals surface area contributed by atoms with Crippen LogP contribution < -0.4 is 0 Å². The lowest BCUT2D eigenvalue weighted by Crippen LogP contribution is -2.27. The molecule has 2 heterocycles. The van der Waals surface area contributed by atoms with Gasteiger partial charge in [-0.25, -0.2) is 8.42 Å². The number of para-hydroxylation sites is 1. The van der Waals surface area contributed by atoms with Crippen molar-refractivity contribution in [2.75, 3.05) is 7.05 Å². The maximum Gasteiger partial charge on any atom is 0.245 e. The molecule has 0 atom stereocenters. The molecular weight excluding hydrogens is 324 g/mol. The van der Waals surface area contributed by atoms with Crippen molar-refractivity contribution in [1.29, 1.82) is 0 Å². The summed E-state index contributed by atoms with van der Waals surface area (Å²) in [6.07, 6.45) is 3.34. The molecule has 2 aromatic heterocycles. The third-order valence-corrected chi connectivity index (χ3v) is 6.02. The first-order chi connectivity index (χ1) is 11.4. The number of aryl methyl sites for hydroxylation is 1. The Balaban J connectivity index is 1.98. The van der Waals surface area contributed by atoms with Gasteiger partial charge in [0.05, 0.1) is 11.7 Å². The SMILES string of the molecule is CCn1ncc(CN(C)S(=O)(=O)c2cccc3cccnc23)c1C. The van der Waals surface area contributed by atoms with E-state index in [1.165, 1.54) is 4.31 Å². The highest BCUT2D eigenvalue weighted by Gasteiger charge is 2.24. The molecule has 0 N–H and O–H groups in total. The molecule has 7 heteroatoms. The number of nitrogens with zero attached hydrogens (tertiary/aromatic N) is 4. The van der Waals surface area contributed by atoms with Crippen molar-refractivity contribution < 1.29 is 8.42 Å². The maximum atomic E-state index is 13.0. The van der Waals surface area contributed by atoms with Crippen LogP contribution in [0.3, 0.4) is 0 Å². The van der Waals surface area contributed by atoms with Crippen LogP contribution in [0.4, 0.5) is 0 Å². The van der Waals surface area contributed by atoms with Crippen molar-refractivity contribution in [2.24, 2.45) is 0 Å². The van der Waals surface area contributed by atoms with Gasteiger partial charge >= 0.3 is 0 Å². The molecule has 3 rings (SSSR count). The minimum atomic E-state index is -3.64. The maximum absolute atomic E-state index is 13.0. The molecule has 0 unspecified atom stereocenters. The molecule has 0 saturated heterocycles. The summed E-state index contributed by atoms with van der Waals surface area (Å²) in [7, 11) is -2.06. The van der Waals surface area contributed by atoms with Crippen LogP contribution >= 0.6 is 0 Å². The van der Waals surface area contributed by atoms with Gasteiger partial charge in [0.1, 0.15) is 4.90 Å². The molecule has 0 fully saturated rings. The van der Waals surface area contributed by atoms with E-state index in [-0.39, 0.29) is 11.4 Å². The van der Waals surface area contributed by atoms with Crippen LogP contribution in [0.5, 0.6) is 0 Å². The number of hydrogen-bond acceptors (Lipinski definition) is 4. The number of pyridine rings is 1. The van der Waals surface area contributed by atoms with Gasteiger partial charge in [-0.15, -0.1) is 0 Å². The topological polar surface area (TPSA) is 68.1 Å². The molecule has 0 amide bonds. The van der Waals surface area contributed by atoms with Crippen LogP contribution in [0.15, 0.2) is 47.6 Å². The Kier molecular flexibility index (Phi) is 4.38. The van der Waals surface area contributed by atoms with Crippen LogP contribution in [-0.4, -0.2) is 34.5 Å². The predicted octanol–water partition coefficient (Wildman–Crippen LogP) is 2.58. The average Bonchev–Trinajstić information content (AvgIpc) is 2.94. The number of aromatic nitrogens is 3. The number of sulfonamides is 1. The molecule has 0 bridgehead atoms. The lowest BCUT2D eigenvalue weighted by molar-refractivity contribution is 0.466. The van der Waals surface area contributed by atoms with E-state index in [1.807, 2.05) is 30.7 Å². The second-order valence-corrected chi connectivity index (χ2v) is 7.68. The quantitative estimate of drug-likeness (QED) is 0.713. The first kappa shape index (κ1) is 16.6. The molecule has 24 heavy (non-hydrogen) atoms. The standard InChI is InChI=1S/C17H20N4O2S/c1-4-21-13(2)15(11-19-21)12-20(3)24(22,23)16-9-5-7-14-8-6-10-18-17(14)16/h5-11H,4,12H2,1-3H3. The number of rotatable bonds is 5. The van der Waals surface area contributed by atoms with Gasteiger partial charge in [-0.1, -0.05) is 18.2 Å². The molecular formula is C17H20N4O2S. The molecule has 1 aromatic carbocycles. The third-order valence-electron chi connectivity index (χ3n) is 4.18.